The first-order valence-electron chi connectivity index (χ1n) is 5.83. The van der Waals surface area contributed by atoms with Crippen molar-refractivity contribution in [2.75, 3.05) is 5.06 Å². The van der Waals surface area contributed by atoms with Crippen LogP contribution >= 0.6 is 0 Å². The van der Waals surface area contributed by atoms with E-state index < -0.39 is 0 Å². The van der Waals surface area contributed by atoms with Gasteiger partial charge in [-0.3, -0.25) is 10.2 Å². The Morgan fingerprint density at radius 3 is 2.58 bits per heavy atom. The zero-order chi connectivity index (χ0) is 13.2. The monoisotopic (exact) mass is 254 g/mol. The molecule has 2 aromatic carbocycles. The highest BCUT2D eigenvalue weighted by atomic mass is 19.1. The molecule has 0 aliphatic carbocycles. The van der Waals surface area contributed by atoms with Crippen LogP contribution in [0, 0.1) is 5.82 Å². The molecule has 0 spiro atoms. The van der Waals surface area contributed by atoms with E-state index in [1.165, 1.54) is 24.3 Å². The molecule has 0 aromatic heterocycles. The van der Waals surface area contributed by atoms with Crippen LogP contribution in [0.4, 0.5) is 15.8 Å². The quantitative estimate of drug-likeness (QED) is 0.828. The molecule has 3 rings (SSSR count). The van der Waals surface area contributed by atoms with E-state index in [1.54, 1.807) is 12.4 Å². The van der Waals surface area contributed by atoms with Crippen LogP contribution in [0.25, 0.3) is 5.57 Å². The molecule has 1 N–H and O–H groups in total. The standard InChI is InChI=1S/C15H11FN2O/c16-12-5-7-13(8-6-12)18(19)10-11-9-17-15-4-2-1-3-14(11)15/h1-10,19H/b11-10+. The molecule has 4 heteroatoms. The molecule has 1 aliphatic rings. The van der Waals surface area contributed by atoms with Crippen molar-refractivity contribution in [1.29, 1.82) is 0 Å². The Balaban J connectivity index is 1.91. The van der Waals surface area contributed by atoms with Gasteiger partial charge in [-0.1, -0.05) is 18.2 Å². The van der Waals surface area contributed by atoms with Crippen molar-refractivity contribution in [3.05, 3.63) is 66.1 Å². The average Bonchev–Trinajstić information content (AvgIpc) is 2.83. The Kier molecular flexibility index (Phi) is 2.85. The third kappa shape index (κ3) is 2.26. The predicted octanol–water partition coefficient (Wildman–Crippen LogP) is 3.78. The third-order valence-electron chi connectivity index (χ3n) is 2.91. The SMILES string of the molecule is ON(/C=C1\C=Nc2ccccc21)c1ccc(F)cc1. The number of benzene rings is 2. The number of para-hydroxylation sites is 1. The largest absolute Gasteiger partial charge is 0.284 e. The normalized spacial score (nSPS) is 14.7. The molecule has 2 aromatic rings. The van der Waals surface area contributed by atoms with Crippen molar-refractivity contribution in [2.24, 2.45) is 4.99 Å². The van der Waals surface area contributed by atoms with Crippen molar-refractivity contribution >= 4 is 23.2 Å². The van der Waals surface area contributed by atoms with Gasteiger partial charge in [0.05, 0.1) is 11.4 Å². The fraction of sp³-hybridized carbons (Fsp3) is 0. The van der Waals surface area contributed by atoms with Crippen molar-refractivity contribution in [3.63, 3.8) is 0 Å². The van der Waals surface area contributed by atoms with Gasteiger partial charge in [0.25, 0.3) is 0 Å². The molecule has 0 unspecified atom stereocenters. The molecule has 3 nitrogen and oxygen atoms in total. The Labute approximate surface area is 109 Å². The van der Waals surface area contributed by atoms with Crippen LogP contribution in [0.15, 0.2) is 59.7 Å². The number of hydroxylamine groups is 1. The minimum atomic E-state index is -0.336. The molecule has 0 bridgehead atoms. The van der Waals surface area contributed by atoms with E-state index in [4.69, 9.17) is 0 Å². The van der Waals surface area contributed by atoms with Gasteiger partial charge < -0.3 is 0 Å². The van der Waals surface area contributed by atoms with Gasteiger partial charge in [-0.15, -0.1) is 0 Å². The molecule has 0 fully saturated rings. The summed E-state index contributed by atoms with van der Waals surface area (Å²) < 4.78 is 12.8. The number of rotatable bonds is 2. The maximum Gasteiger partial charge on any atom is 0.123 e. The highest BCUT2D eigenvalue weighted by Gasteiger charge is 2.12. The Morgan fingerprint density at radius 1 is 1.05 bits per heavy atom. The molecule has 0 atom stereocenters. The summed E-state index contributed by atoms with van der Waals surface area (Å²) >= 11 is 0. The van der Waals surface area contributed by atoms with Gasteiger partial charge in [-0.05, 0) is 30.3 Å². The first kappa shape index (κ1) is 11.6. The maximum absolute atomic E-state index is 12.8. The highest BCUT2D eigenvalue weighted by Crippen LogP contribution is 2.31. The van der Waals surface area contributed by atoms with E-state index in [9.17, 15) is 9.60 Å². The Bertz CT molecular complexity index is 662. The van der Waals surface area contributed by atoms with Crippen molar-refractivity contribution in [2.45, 2.75) is 0 Å². The summed E-state index contributed by atoms with van der Waals surface area (Å²) in [6.45, 7) is 0. The lowest BCUT2D eigenvalue weighted by molar-refractivity contribution is 0.296. The van der Waals surface area contributed by atoms with E-state index in [0.29, 0.717) is 5.69 Å². The maximum atomic E-state index is 12.8. The molecule has 1 aliphatic heterocycles. The molecule has 0 amide bonds. The first-order chi connectivity index (χ1) is 9.24. The van der Waals surface area contributed by atoms with E-state index >= 15 is 0 Å². The van der Waals surface area contributed by atoms with Crippen LogP contribution in [-0.2, 0) is 0 Å². The topological polar surface area (TPSA) is 35.8 Å². The molecular weight excluding hydrogens is 243 g/mol. The number of fused-ring (bicyclic) bond motifs is 1. The van der Waals surface area contributed by atoms with Gasteiger partial charge in [0.2, 0.25) is 0 Å². The van der Waals surface area contributed by atoms with E-state index in [1.807, 2.05) is 24.3 Å². The number of hydrogen-bond donors (Lipinski definition) is 1. The van der Waals surface area contributed by atoms with Crippen molar-refractivity contribution < 1.29 is 9.60 Å². The first-order valence-corrected chi connectivity index (χ1v) is 5.83. The molecule has 19 heavy (non-hydrogen) atoms. The summed E-state index contributed by atoms with van der Waals surface area (Å²) in [5.41, 5.74) is 3.14. The van der Waals surface area contributed by atoms with Gasteiger partial charge in [0.1, 0.15) is 5.82 Å². The molecule has 94 valence electrons. The molecular formula is C15H11FN2O. The molecule has 0 saturated heterocycles. The summed E-state index contributed by atoms with van der Waals surface area (Å²) in [6, 6.07) is 13.3. The van der Waals surface area contributed by atoms with Crippen LogP contribution < -0.4 is 5.06 Å². The third-order valence-corrected chi connectivity index (χ3v) is 2.91. The molecule has 1 heterocycles. The summed E-state index contributed by atoms with van der Waals surface area (Å²) in [5, 5.41) is 10.9. The zero-order valence-electron chi connectivity index (χ0n) is 9.99. The fourth-order valence-corrected chi connectivity index (χ4v) is 1.94. The van der Waals surface area contributed by atoms with Crippen molar-refractivity contribution in [3.8, 4) is 0 Å². The van der Waals surface area contributed by atoms with Crippen LogP contribution in [0.5, 0.6) is 0 Å². The summed E-state index contributed by atoms with van der Waals surface area (Å²) in [5.74, 6) is -0.336. The number of aliphatic imine (C=N–C) groups is 1. The summed E-state index contributed by atoms with van der Waals surface area (Å²) in [6.07, 6.45) is 3.25. The van der Waals surface area contributed by atoms with Gasteiger partial charge in [0.15, 0.2) is 0 Å². The van der Waals surface area contributed by atoms with Gasteiger partial charge in [-0.2, -0.15) is 0 Å². The lowest BCUT2D eigenvalue weighted by Gasteiger charge is -2.12. The number of anilines is 1. The Morgan fingerprint density at radius 2 is 1.79 bits per heavy atom. The summed E-state index contributed by atoms with van der Waals surface area (Å²) in [4.78, 5) is 4.25. The number of nitrogens with zero attached hydrogens (tertiary/aromatic N) is 2. The smallest absolute Gasteiger partial charge is 0.123 e. The number of halogens is 1. The second-order valence-corrected chi connectivity index (χ2v) is 4.18. The van der Waals surface area contributed by atoms with Crippen LogP contribution in [0.1, 0.15) is 5.56 Å². The van der Waals surface area contributed by atoms with Gasteiger partial charge in [0, 0.05) is 23.6 Å². The van der Waals surface area contributed by atoms with Crippen molar-refractivity contribution in [1.82, 2.24) is 0 Å². The lowest BCUT2D eigenvalue weighted by atomic mass is 10.1. The highest BCUT2D eigenvalue weighted by molar-refractivity contribution is 6.16. The number of hydrogen-bond acceptors (Lipinski definition) is 3. The number of allylic oxidation sites excluding steroid dienone is 1. The van der Waals surface area contributed by atoms with Crippen LogP contribution in [-0.4, -0.2) is 11.4 Å². The molecule has 0 radical (unpaired) electrons. The van der Waals surface area contributed by atoms with Gasteiger partial charge in [-0.25, -0.2) is 9.45 Å². The average molecular weight is 254 g/mol. The van der Waals surface area contributed by atoms with E-state index in [0.717, 1.165) is 21.9 Å². The minimum Gasteiger partial charge on any atom is -0.284 e. The second-order valence-electron chi connectivity index (χ2n) is 4.18. The lowest BCUT2D eigenvalue weighted by Crippen LogP contribution is -2.10. The second kappa shape index (κ2) is 4.66. The fourth-order valence-electron chi connectivity index (χ4n) is 1.94. The van der Waals surface area contributed by atoms with E-state index in [-0.39, 0.29) is 5.82 Å². The predicted molar refractivity (Wildman–Crippen MR) is 73.2 cm³/mol. The van der Waals surface area contributed by atoms with Crippen LogP contribution in [0.3, 0.4) is 0 Å². The zero-order valence-corrected chi connectivity index (χ0v) is 9.99. The minimum absolute atomic E-state index is 0.336. The van der Waals surface area contributed by atoms with Gasteiger partial charge >= 0.3 is 0 Å². The van der Waals surface area contributed by atoms with E-state index in [2.05, 4.69) is 4.99 Å². The van der Waals surface area contributed by atoms with Crippen LogP contribution in [0.2, 0.25) is 0 Å². The Hall–Kier alpha value is -2.46. The molecule has 0 saturated carbocycles. The summed E-state index contributed by atoms with van der Waals surface area (Å²) in [7, 11) is 0.